The van der Waals surface area contributed by atoms with Gasteiger partial charge in [0.1, 0.15) is 5.82 Å². The zero-order valence-electron chi connectivity index (χ0n) is 11.8. The van der Waals surface area contributed by atoms with Crippen LogP contribution in [0.25, 0.3) is 0 Å². The fourth-order valence-electron chi connectivity index (χ4n) is 2.04. The normalized spacial score (nSPS) is 14.6. The molecule has 5 heteroatoms. The van der Waals surface area contributed by atoms with Gasteiger partial charge in [0.15, 0.2) is 0 Å². The third-order valence-electron chi connectivity index (χ3n) is 3.41. The number of hydrazine groups is 1. The molecule has 1 amide bonds. The molecule has 0 atom stereocenters. The molecule has 0 bridgehead atoms. The Morgan fingerprint density at radius 1 is 1.53 bits per heavy atom. The van der Waals surface area contributed by atoms with E-state index in [9.17, 15) is 4.79 Å². The minimum Gasteiger partial charge on any atom is -0.341 e. The second-order valence-corrected chi connectivity index (χ2v) is 5.59. The summed E-state index contributed by atoms with van der Waals surface area (Å²) in [5, 5.41) is 0. The van der Waals surface area contributed by atoms with Crippen LogP contribution in [0.4, 0.5) is 5.82 Å². The van der Waals surface area contributed by atoms with E-state index in [1.807, 2.05) is 27.0 Å². The summed E-state index contributed by atoms with van der Waals surface area (Å²) in [4.78, 5) is 18.5. The number of nitrogens with one attached hydrogen (secondary N) is 1. The predicted molar refractivity (Wildman–Crippen MR) is 75.8 cm³/mol. The Labute approximate surface area is 114 Å². The fourth-order valence-corrected chi connectivity index (χ4v) is 2.04. The summed E-state index contributed by atoms with van der Waals surface area (Å²) in [6.45, 7) is 4.93. The Bertz CT molecular complexity index is 469. The van der Waals surface area contributed by atoms with Gasteiger partial charge >= 0.3 is 0 Å². The molecule has 1 aliphatic carbocycles. The van der Waals surface area contributed by atoms with Gasteiger partial charge in [0.2, 0.25) is 0 Å². The molecular weight excluding hydrogens is 240 g/mol. The Morgan fingerprint density at radius 2 is 2.21 bits per heavy atom. The topological polar surface area (TPSA) is 71.2 Å². The monoisotopic (exact) mass is 262 g/mol. The number of nitrogens with two attached hydrogens (primary N) is 1. The Hall–Kier alpha value is -1.62. The van der Waals surface area contributed by atoms with Crippen LogP contribution in [0.2, 0.25) is 0 Å². The molecule has 5 nitrogen and oxygen atoms in total. The van der Waals surface area contributed by atoms with Gasteiger partial charge in [-0.25, -0.2) is 10.8 Å². The average Bonchev–Trinajstić information content (AvgIpc) is 3.20. The molecule has 1 aromatic heterocycles. The number of aromatic nitrogens is 1. The predicted octanol–water partition coefficient (Wildman–Crippen LogP) is 1.97. The highest BCUT2D eigenvalue weighted by molar-refractivity contribution is 5.94. The molecule has 1 fully saturated rings. The third kappa shape index (κ3) is 3.44. The van der Waals surface area contributed by atoms with Crippen LogP contribution in [-0.4, -0.2) is 29.4 Å². The van der Waals surface area contributed by atoms with Crippen LogP contribution in [-0.2, 0) is 0 Å². The summed E-state index contributed by atoms with van der Waals surface area (Å²) in [6, 6.07) is 3.56. The molecule has 0 aromatic carbocycles. The van der Waals surface area contributed by atoms with Gasteiger partial charge in [0.25, 0.3) is 5.91 Å². The lowest BCUT2D eigenvalue weighted by molar-refractivity contribution is 0.0788. The van der Waals surface area contributed by atoms with Crippen molar-refractivity contribution in [3.05, 3.63) is 23.4 Å². The minimum absolute atomic E-state index is 0.0349. The molecule has 0 saturated heterocycles. The van der Waals surface area contributed by atoms with Crippen molar-refractivity contribution in [2.75, 3.05) is 19.0 Å². The number of hydrogen-bond donors (Lipinski definition) is 2. The molecule has 0 aliphatic heterocycles. The van der Waals surface area contributed by atoms with E-state index in [0.717, 1.165) is 12.2 Å². The highest BCUT2D eigenvalue weighted by Crippen LogP contribution is 2.29. The maximum atomic E-state index is 12.4. The standard InChI is InChI=1S/C14H22N4O/c1-9(2)12-6-11(7-13(16-12)17-15)14(19)18(3)8-10-4-5-10/h6-7,9-10H,4-5,8,15H2,1-3H3,(H,16,17). The molecule has 19 heavy (non-hydrogen) atoms. The molecule has 3 N–H and O–H groups in total. The number of carbonyl (C=O) groups is 1. The number of hydrogen-bond acceptors (Lipinski definition) is 4. The van der Waals surface area contributed by atoms with Crippen molar-refractivity contribution in [1.29, 1.82) is 0 Å². The van der Waals surface area contributed by atoms with Crippen LogP contribution in [0.5, 0.6) is 0 Å². The van der Waals surface area contributed by atoms with Crippen molar-refractivity contribution in [1.82, 2.24) is 9.88 Å². The summed E-state index contributed by atoms with van der Waals surface area (Å²) < 4.78 is 0. The number of rotatable bonds is 5. The Kier molecular flexibility index (Phi) is 4.04. The van der Waals surface area contributed by atoms with Gasteiger partial charge in [-0.15, -0.1) is 0 Å². The summed E-state index contributed by atoms with van der Waals surface area (Å²) in [5.41, 5.74) is 4.05. The van der Waals surface area contributed by atoms with Gasteiger partial charge in [0.05, 0.1) is 0 Å². The molecule has 1 aliphatic rings. The zero-order valence-corrected chi connectivity index (χ0v) is 11.8. The molecule has 104 valence electrons. The largest absolute Gasteiger partial charge is 0.341 e. The van der Waals surface area contributed by atoms with Gasteiger partial charge in [-0.1, -0.05) is 13.8 Å². The van der Waals surface area contributed by atoms with Crippen LogP contribution in [0.1, 0.15) is 48.7 Å². The van der Waals surface area contributed by atoms with Crippen LogP contribution in [0, 0.1) is 5.92 Å². The van der Waals surface area contributed by atoms with Crippen LogP contribution < -0.4 is 11.3 Å². The number of anilines is 1. The molecule has 1 aromatic rings. The Balaban J connectivity index is 2.21. The van der Waals surface area contributed by atoms with Crippen molar-refractivity contribution in [2.24, 2.45) is 11.8 Å². The van der Waals surface area contributed by atoms with Crippen molar-refractivity contribution in [3.63, 3.8) is 0 Å². The maximum Gasteiger partial charge on any atom is 0.253 e. The summed E-state index contributed by atoms with van der Waals surface area (Å²) in [7, 11) is 1.85. The first-order chi connectivity index (χ1) is 9.01. The first-order valence-electron chi connectivity index (χ1n) is 6.75. The van der Waals surface area contributed by atoms with Crippen molar-refractivity contribution in [2.45, 2.75) is 32.6 Å². The van der Waals surface area contributed by atoms with E-state index in [-0.39, 0.29) is 11.8 Å². The van der Waals surface area contributed by atoms with Gasteiger partial charge in [-0.2, -0.15) is 0 Å². The molecule has 1 saturated carbocycles. The maximum absolute atomic E-state index is 12.4. The lowest BCUT2D eigenvalue weighted by Crippen LogP contribution is -2.29. The van der Waals surface area contributed by atoms with E-state index in [4.69, 9.17) is 5.84 Å². The molecule has 0 unspecified atom stereocenters. The second kappa shape index (κ2) is 5.57. The van der Waals surface area contributed by atoms with E-state index in [2.05, 4.69) is 10.4 Å². The highest BCUT2D eigenvalue weighted by Gasteiger charge is 2.25. The van der Waals surface area contributed by atoms with Crippen molar-refractivity contribution in [3.8, 4) is 0 Å². The first-order valence-corrected chi connectivity index (χ1v) is 6.75. The first kappa shape index (κ1) is 13.8. The number of nitrogen functional groups attached to an aromatic ring is 1. The molecule has 1 heterocycles. The third-order valence-corrected chi connectivity index (χ3v) is 3.41. The molecule has 0 spiro atoms. The SMILES string of the molecule is CC(C)c1cc(C(=O)N(C)CC2CC2)cc(NN)n1. The number of nitrogens with zero attached hydrogens (tertiary/aromatic N) is 2. The van der Waals surface area contributed by atoms with Crippen LogP contribution in [0.15, 0.2) is 12.1 Å². The second-order valence-electron chi connectivity index (χ2n) is 5.59. The zero-order chi connectivity index (χ0) is 14.0. The van der Waals surface area contributed by atoms with Crippen LogP contribution >= 0.6 is 0 Å². The number of carbonyl (C=O) groups excluding carboxylic acids is 1. The van der Waals surface area contributed by atoms with E-state index >= 15 is 0 Å². The van der Waals surface area contributed by atoms with Gasteiger partial charge in [-0.3, -0.25) is 4.79 Å². The smallest absolute Gasteiger partial charge is 0.253 e. The van der Waals surface area contributed by atoms with Crippen LogP contribution in [0.3, 0.4) is 0 Å². The van der Waals surface area contributed by atoms with E-state index in [1.54, 1.807) is 11.0 Å². The molecule has 0 radical (unpaired) electrons. The lowest BCUT2D eigenvalue weighted by Gasteiger charge is -2.18. The van der Waals surface area contributed by atoms with E-state index < -0.39 is 0 Å². The van der Waals surface area contributed by atoms with E-state index in [1.165, 1.54) is 12.8 Å². The summed E-state index contributed by atoms with van der Waals surface area (Å²) in [5.74, 6) is 6.93. The molecular formula is C14H22N4O. The minimum atomic E-state index is 0.0349. The van der Waals surface area contributed by atoms with E-state index in [0.29, 0.717) is 17.3 Å². The molecule has 2 rings (SSSR count). The number of amides is 1. The number of pyridine rings is 1. The van der Waals surface area contributed by atoms with Crippen molar-refractivity contribution < 1.29 is 4.79 Å². The van der Waals surface area contributed by atoms with Gasteiger partial charge in [-0.05, 0) is 36.8 Å². The average molecular weight is 262 g/mol. The highest BCUT2D eigenvalue weighted by atomic mass is 16.2. The Morgan fingerprint density at radius 3 is 2.74 bits per heavy atom. The summed E-state index contributed by atoms with van der Waals surface area (Å²) in [6.07, 6.45) is 2.47. The van der Waals surface area contributed by atoms with Gasteiger partial charge in [0, 0.05) is 24.8 Å². The quantitative estimate of drug-likeness (QED) is 0.628. The lowest BCUT2D eigenvalue weighted by atomic mass is 10.1. The summed E-state index contributed by atoms with van der Waals surface area (Å²) >= 11 is 0. The van der Waals surface area contributed by atoms with Crippen molar-refractivity contribution >= 4 is 11.7 Å². The van der Waals surface area contributed by atoms with Gasteiger partial charge < -0.3 is 10.3 Å². The fraction of sp³-hybridized carbons (Fsp3) is 0.571.